The third kappa shape index (κ3) is 18.6. The van der Waals surface area contributed by atoms with E-state index in [0.29, 0.717) is 25.7 Å². The maximum absolute atomic E-state index is 12.4. The zero-order valence-electron chi connectivity index (χ0n) is 27.2. The summed E-state index contributed by atoms with van der Waals surface area (Å²) >= 11 is 0. The minimum absolute atomic E-state index is 0.0125. The fourth-order valence-electron chi connectivity index (χ4n) is 5.69. The number of ketones is 1. The zero-order chi connectivity index (χ0) is 31.7. The summed E-state index contributed by atoms with van der Waals surface area (Å²) in [6, 6.07) is -0.723. The molecule has 1 saturated carbocycles. The number of allylic oxidation sites excluding steroid dienone is 4. The van der Waals surface area contributed by atoms with E-state index in [1.807, 2.05) is 18.2 Å². The van der Waals surface area contributed by atoms with Crippen LogP contribution in [-0.2, 0) is 9.59 Å². The van der Waals surface area contributed by atoms with Crippen LogP contribution >= 0.6 is 0 Å². The molecular weight excluding hydrogens is 542 g/mol. The second-order valence-corrected chi connectivity index (χ2v) is 12.4. The second kappa shape index (κ2) is 25.5. The highest BCUT2D eigenvalue weighted by molar-refractivity contribution is 5.86. The van der Waals surface area contributed by atoms with Crippen molar-refractivity contribution in [2.24, 2.45) is 11.8 Å². The summed E-state index contributed by atoms with van der Waals surface area (Å²) in [6.07, 6.45) is 27.2. The Kier molecular flexibility index (Phi) is 23.3. The fraction of sp³-hybridized carbons (Fsp3) is 0.778. The Bertz CT molecular complexity index is 810. The van der Waals surface area contributed by atoms with Gasteiger partial charge in [-0.25, -0.2) is 0 Å². The van der Waals surface area contributed by atoms with E-state index in [0.717, 1.165) is 32.1 Å². The summed E-state index contributed by atoms with van der Waals surface area (Å²) in [5, 5.41) is 43.3. The molecule has 0 saturated heterocycles. The van der Waals surface area contributed by atoms with Gasteiger partial charge in [-0.15, -0.1) is 0 Å². The molecule has 1 amide bonds. The quantitative estimate of drug-likeness (QED) is 0.0567. The summed E-state index contributed by atoms with van der Waals surface area (Å²) in [7, 11) is 0. The minimum atomic E-state index is -0.924. The lowest BCUT2D eigenvalue weighted by Crippen LogP contribution is -2.45. The number of aliphatic hydroxyl groups is 4. The molecule has 1 rings (SSSR count). The molecule has 0 spiro atoms. The first-order chi connectivity index (χ1) is 20.8. The van der Waals surface area contributed by atoms with Gasteiger partial charge in [-0.2, -0.15) is 0 Å². The monoisotopic (exact) mass is 605 g/mol. The van der Waals surface area contributed by atoms with E-state index in [1.165, 1.54) is 51.4 Å². The maximum atomic E-state index is 12.4. The van der Waals surface area contributed by atoms with Gasteiger partial charge in [-0.1, -0.05) is 121 Å². The number of hydrogen-bond acceptors (Lipinski definition) is 6. The first-order valence-corrected chi connectivity index (χ1v) is 17.3. The number of carbonyl (C=O) groups excluding carboxylic acids is 2. The molecule has 0 heterocycles. The molecule has 0 bridgehead atoms. The molecular formula is C36H63NO6. The van der Waals surface area contributed by atoms with Crippen LogP contribution in [0.2, 0.25) is 0 Å². The highest BCUT2D eigenvalue weighted by atomic mass is 16.3. The van der Waals surface area contributed by atoms with Gasteiger partial charge in [0.05, 0.1) is 31.0 Å². The summed E-state index contributed by atoms with van der Waals surface area (Å²) < 4.78 is 0. The number of Topliss-reactive ketones (excluding diaryl/α,β-unsaturated/α-hetero) is 1. The number of unbranched alkanes of at least 4 members (excludes halogenated alkanes) is 12. The van der Waals surface area contributed by atoms with Gasteiger partial charge < -0.3 is 25.7 Å². The molecule has 0 unspecified atom stereocenters. The average molecular weight is 606 g/mol. The van der Waals surface area contributed by atoms with E-state index in [4.69, 9.17) is 0 Å². The van der Waals surface area contributed by atoms with Crippen molar-refractivity contribution in [3.63, 3.8) is 0 Å². The minimum Gasteiger partial charge on any atom is -0.394 e. The van der Waals surface area contributed by atoms with Crippen LogP contribution in [0.4, 0.5) is 0 Å². The summed E-state index contributed by atoms with van der Waals surface area (Å²) in [5.41, 5.74) is 0. The van der Waals surface area contributed by atoms with Gasteiger partial charge in [0, 0.05) is 24.7 Å². The Balaban J connectivity index is 2.28. The Hall–Kier alpha value is -1.80. The van der Waals surface area contributed by atoms with Gasteiger partial charge in [0.2, 0.25) is 5.91 Å². The first-order valence-electron chi connectivity index (χ1n) is 17.3. The van der Waals surface area contributed by atoms with Crippen molar-refractivity contribution in [1.82, 2.24) is 5.32 Å². The van der Waals surface area contributed by atoms with Gasteiger partial charge in [0.1, 0.15) is 5.78 Å². The van der Waals surface area contributed by atoms with Gasteiger partial charge in [0.25, 0.3) is 0 Å². The van der Waals surface area contributed by atoms with Gasteiger partial charge >= 0.3 is 0 Å². The first kappa shape index (κ1) is 39.2. The van der Waals surface area contributed by atoms with Crippen LogP contribution in [0.3, 0.4) is 0 Å². The number of nitrogens with one attached hydrogen (secondary N) is 1. The molecule has 7 heteroatoms. The van der Waals surface area contributed by atoms with Crippen molar-refractivity contribution in [2.45, 2.75) is 160 Å². The Morgan fingerprint density at radius 2 is 1.49 bits per heavy atom. The van der Waals surface area contributed by atoms with Crippen molar-refractivity contribution in [3.05, 3.63) is 36.5 Å². The fourth-order valence-corrected chi connectivity index (χ4v) is 5.69. The summed E-state index contributed by atoms with van der Waals surface area (Å²) in [5.74, 6) is -0.782. The van der Waals surface area contributed by atoms with Gasteiger partial charge in [-0.3, -0.25) is 9.59 Å². The number of rotatable bonds is 26. The van der Waals surface area contributed by atoms with E-state index < -0.39 is 24.4 Å². The maximum Gasteiger partial charge on any atom is 0.220 e. The standard InChI is InChI=1S/C36H63NO6/c1-3-5-7-8-9-10-11-12-13-14-19-23-33(40)32(28-38)37-36(43)24-20-16-15-18-22-30-31(35(42)27-34(30)41)26-25-29(39)21-17-6-4-2/h15,18-19,23,25-26,29-34,38-41H,3-14,16-17,20-22,24,27-28H2,1-2H3,(H,37,43)/b18-15-,23-19+,26-25+/t29-,30+,31+,32-,33+,34-/m0/s1. The van der Waals surface area contributed by atoms with Crippen LogP contribution in [-0.4, -0.2) is 63.1 Å². The zero-order valence-corrected chi connectivity index (χ0v) is 27.2. The number of hydrogen-bond donors (Lipinski definition) is 5. The van der Waals surface area contributed by atoms with Crippen molar-refractivity contribution in [1.29, 1.82) is 0 Å². The lowest BCUT2D eigenvalue weighted by Gasteiger charge is -2.19. The Morgan fingerprint density at radius 1 is 0.860 bits per heavy atom. The molecule has 1 aliphatic carbocycles. The normalized spacial score (nSPS) is 21.3. The average Bonchev–Trinajstić information content (AvgIpc) is 3.26. The van der Waals surface area contributed by atoms with Crippen molar-refractivity contribution in [2.75, 3.05) is 6.61 Å². The molecule has 1 fully saturated rings. The van der Waals surface area contributed by atoms with E-state index in [2.05, 4.69) is 19.2 Å². The Labute approximate surface area is 261 Å². The lowest BCUT2D eigenvalue weighted by atomic mass is 9.90. The third-order valence-electron chi connectivity index (χ3n) is 8.49. The molecule has 0 aromatic rings. The number of aliphatic hydroxyl groups excluding tert-OH is 4. The molecule has 0 aromatic heterocycles. The molecule has 0 radical (unpaired) electrons. The Morgan fingerprint density at radius 3 is 2.16 bits per heavy atom. The SMILES string of the molecule is CCCCCCCCCCC/C=C/[C@@H](O)[C@H](CO)NC(=O)CCC/C=C\C[C@H]1[C@@H](O)CC(=O)[C@@H]1/C=C/[C@@H](O)CCCCC. The van der Waals surface area contributed by atoms with Crippen LogP contribution in [0, 0.1) is 11.8 Å². The lowest BCUT2D eigenvalue weighted by molar-refractivity contribution is -0.123. The molecule has 1 aliphatic rings. The van der Waals surface area contributed by atoms with Crippen LogP contribution in [0.25, 0.3) is 0 Å². The largest absolute Gasteiger partial charge is 0.394 e. The molecule has 43 heavy (non-hydrogen) atoms. The van der Waals surface area contributed by atoms with Crippen LogP contribution < -0.4 is 5.32 Å². The van der Waals surface area contributed by atoms with E-state index in [1.54, 1.807) is 18.2 Å². The predicted molar refractivity (Wildman–Crippen MR) is 176 cm³/mol. The van der Waals surface area contributed by atoms with Gasteiger partial charge in [0.15, 0.2) is 0 Å². The molecule has 6 atom stereocenters. The molecule has 248 valence electrons. The summed E-state index contributed by atoms with van der Waals surface area (Å²) in [4.78, 5) is 24.8. The van der Waals surface area contributed by atoms with E-state index in [9.17, 15) is 30.0 Å². The van der Waals surface area contributed by atoms with Crippen LogP contribution in [0.5, 0.6) is 0 Å². The smallest absolute Gasteiger partial charge is 0.220 e. The van der Waals surface area contributed by atoms with E-state index in [-0.39, 0.29) is 43.0 Å². The molecule has 0 aromatic carbocycles. The second-order valence-electron chi connectivity index (χ2n) is 12.4. The molecule has 7 nitrogen and oxygen atoms in total. The van der Waals surface area contributed by atoms with E-state index >= 15 is 0 Å². The van der Waals surface area contributed by atoms with Crippen molar-refractivity contribution < 1.29 is 30.0 Å². The van der Waals surface area contributed by atoms with Crippen LogP contribution in [0.1, 0.15) is 136 Å². The number of carbonyl (C=O) groups is 2. The van der Waals surface area contributed by atoms with Crippen LogP contribution in [0.15, 0.2) is 36.5 Å². The van der Waals surface area contributed by atoms with Gasteiger partial charge in [-0.05, 0) is 38.5 Å². The number of amides is 1. The highest BCUT2D eigenvalue weighted by Gasteiger charge is 2.39. The summed E-state index contributed by atoms with van der Waals surface area (Å²) in [6.45, 7) is 4.02. The van der Waals surface area contributed by atoms with Crippen molar-refractivity contribution >= 4 is 11.7 Å². The molecule has 5 N–H and O–H groups in total. The topological polar surface area (TPSA) is 127 Å². The van der Waals surface area contributed by atoms with Crippen molar-refractivity contribution in [3.8, 4) is 0 Å². The highest BCUT2D eigenvalue weighted by Crippen LogP contribution is 2.33. The predicted octanol–water partition coefficient (Wildman–Crippen LogP) is 6.48. The molecule has 0 aliphatic heterocycles. The third-order valence-corrected chi connectivity index (χ3v) is 8.49.